The summed E-state index contributed by atoms with van der Waals surface area (Å²) >= 11 is 0. The molecule has 0 aliphatic carbocycles. The minimum Gasteiger partial charge on any atom is -0.480 e. The van der Waals surface area contributed by atoms with Crippen LogP contribution in [0.15, 0.2) is 12.7 Å². The van der Waals surface area contributed by atoms with Crippen molar-refractivity contribution < 1.29 is 19.5 Å². The minimum absolute atomic E-state index is 0.0275. The Bertz CT molecular complexity index is 369. The number of carboxylic acids is 1. The predicted octanol–water partition coefficient (Wildman–Crippen LogP) is 2.13. The molecule has 0 fully saturated rings. The predicted molar refractivity (Wildman–Crippen MR) is 85.1 cm³/mol. The van der Waals surface area contributed by atoms with E-state index in [1.165, 1.54) is 6.42 Å². The average molecular weight is 312 g/mol. The van der Waals surface area contributed by atoms with Crippen molar-refractivity contribution in [2.24, 2.45) is 5.73 Å². The number of unbranched alkanes of at least 4 members (excludes halogenated alkanes) is 6. The first-order valence-corrected chi connectivity index (χ1v) is 7.88. The maximum atomic E-state index is 11.7. The molecule has 0 rings (SSSR count). The zero-order valence-electron chi connectivity index (χ0n) is 13.2. The molecule has 1 atom stereocenters. The maximum absolute atomic E-state index is 11.7. The van der Waals surface area contributed by atoms with Gasteiger partial charge in [0.15, 0.2) is 0 Å². The molecule has 22 heavy (non-hydrogen) atoms. The second-order valence-electron chi connectivity index (χ2n) is 5.41. The summed E-state index contributed by atoms with van der Waals surface area (Å²) in [5, 5.41) is 11.4. The molecule has 0 saturated carbocycles. The highest BCUT2D eigenvalue weighted by molar-refractivity contribution is 5.84. The number of hydrogen-bond acceptors (Lipinski definition) is 3. The van der Waals surface area contributed by atoms with Crippen LogP contribution in [0.5, 0.6) is 0 Å². The number of carboxylic acid groups (broad SMARTS) is 1. The zero-order chi connectivity index (χ0) is 16.8. The van der Waals surface area contributed by atoms with E-state index in [-0.39, 0.29) is 18.7 Å². The third-order valence-electron chi connectivity index (χ3n) is 3.37. The number of amides is 2. The van der Waals surface area contributed by atoms with Gasteiger partial charge in [0.2, 0.25) is 11.8 Å². The van der Waals surface area contributed by atoms with E-state index in [1.54, 1.807) is 0 Å². The first-order chi connectivity index (χ1) is 10.5. The van der Waals surface area contributed by atoms with Crippen LogP contribution in [-0.4, -0.2) is 28.9 Å². The van der Waals surface area contributed by atoms with Gasteiger partial charge >= 0.3 is 5.97 Å². The second kappa shape index (κ2) is 12.9. The van der Waals surface area contributed by atoms with Crippen LogP contribution >= 0.6 is 0 Å². The van der Waals surface area contributed by atoms with E-state index in [2.05, 4.69) is 11.9 Å². The van der Waals surface area contributed by atoms with Gasteiger partial charge in [0.1, 0.15) is 6.04 Å². The quantitative estimate of drug-likeness (QED) is 0.337. The van der Waals surface area contributed by atoms with Gasteiger partial charge in [-0.15, -0.1) is 6.58 Å². The number of carbonyl (C=O) groups is 3. The molecule has 0 radical (unpaired) electrons. The summed E-state index contributed by atoms with van der Waals surface area (Å²) in [6.45, 7) is 3.67. The van der Waals surface area contributed by atoms with Gasteiger partial charge in [0.25, 0.3) is 0 Å². The highest BCUT2D eigenvalue weighted by Crippen LogP contribution is 2.09. The van der Waals surface area contributed by atoms with Crippen LogP contribution in [0.3, 0.4) is 0 Å². The van der Waals surface area contributed by atoms with E-state index in [9.17, 15) is 14.4 Å². The van der Waals surface area contributed by atoms with Crippen LogP contribution < -0.4 is 11.1 Å². The van der Waals surface area contributed by atoms with Gasteiger partial charge in [-0.25, -0.2) is 4.79 Å². The summed E-state index contributed by atoms with van der Waals surface area (Å²) in [7, 11) is 0. The fraction of sp³-hybridized carbons (Fsp3) is 0.688. The first kappa shape index (κ1) is 20.1. The number of primary amides is 1. The lowest BCUT2D eigenvalue weighted by molar-refractivity contribution is -0.142. The Hall–Kier alpha value is -1.85. The van der Waals surface area contributed by atoms with Crippen molar-refractivity contribution in [2.75, 3.05) is 0 Å². The van der Waals surface area contributed by atoms with Crippen LogP contribution in [-0.2, 0) is 14.4 Å². The topological polar surface area (TPSA) is 109 Å². The standard InChI is InChI=1S/C16H28N2O4/c1-2-3-4-5-6-7-8-9-10-15(20)18-13(16(21)22)11-12-14(17)19/h2,13H,1,3-12H2,(H2,17,19)(H,18,20)(H,21,22)/t13-/m0/s1. The molecule has 0 spiro atoms. The molecule has 0 aliphatic rings. The fourth-order valence-corrected chi connectivity index (χ4v) is 2.09. The molecule has 0 heterocycles. The zero-order valence-corrected chi connectivity index (χ0v) is 13.2. The van der Waals surface area contributed by atoms with Crippen molar-refractivity contribution in [1.82, 2.24) is 5.32 Å². The Morgan fingerprint density at radius 3 is 2.18 bits per heavy atom. The molecule has 0 aromatic rings. The summed E-state index contributed by atoms with van der Waals surface area (Å²) in [6.07, 6.45) is 9.51. The van der Waals surface area contributed by atoms with Crippen molar-refractivity contribution in [2.45, 2.75) is 70.3 Å². The van der Waals surface area contributed by atoms with Crippen LogP contribution in [0.25, 0.3) is 0 Å². The Labute approximate surface area is 132 Å². The van der Waals surface area contributed by atoms with Crippen LogP contribution in [0.1, 0.15) is 64.2 Å². The molecule has 0 aromatic carbocycles. The normalized spacial score (nSPS) is 11.6. The van der Waals surface area contributed by atoms with E-state index in [1.807, 2.05) is 6.08 Å². The second-order valence-corrected chi connectivity index (χ2v) is 5.41. The van der Waals surface area contributed by atoms with Gasteiger partial charge in [0, 0.05) is 12.8 Å². The van der Waals surface area contributed by atoms with Crippen molar-refractivity contribution >= 4 is 17.8 Å². The maximum Gasteiger partial charge on any atom is 0.326 e. The van der Waals surface area contributed by atoms with Crippen molar-refractivity contribution in [3.8, 4) is 0 Å². The van der Waals surface area contributed by atoms with Crippen molar-refractivity contribution in [3.05, 3.63) is 12.7 Å². The van der Waals surface area contributed by atoms with Gasteiger partial charge < -0.3 is 16.2 Å². The SMILES string of the molecule is C=CCCCCCCCCC(=O)N[C@@H](CCC(N)=O)C(=O)O. The highest BCUT2D eigenvalue weighted by atomic mass is 16.4. The molecular formula is C16H28N2O4. The Morgan fingerprint density at radius 2 is 1.64 bits per heavy atom. The number of nitrogens with one attached hydrogen (secondary N) is 1. The minimum atomic E-state index is -1.14. The molecule has 6 heteroatoms. The largest absolute Gasteiger partial charge is 0.480 e. The Balaban J connectivity index is 3.74. The number of rotatable bonds is 14. The van der Waals surface area contributed by atoms with E-state index in [4.69, 9.17) is 10.8 Å². The van der Waals surface area contributed by atoms with Gasteiger partial charge in [-0.1, -0.05) is 31.8 Å². The number of nitrogens with two attached hydrogens (primary N) is 1. The molecule has 0 aromatic heterocycles. The molecule has 126 valence electrons. The Morgan fingerprint density at radius 1 is 1.05 bits per heavy atom. The summed E-state index contributed by atoms with van der Waals surface area (Å²) < 4.78 is 0. The fourth-order valence-electron chi connectivity index (χ4n) is 2.09. The summed E-state index contributed by atoms with van der Waals surface area (Å²) in [5.41, 5.74) is 4.98. The first-order valence-electron chi connectivity index (χ1n) is 7.88. The lowest BCUT2D eigenvalue weighted by Gasteiger charge is -2.13. The van der Waals surface area contributed by atoms with Gasteiger partial charge in [-0.3, -0.25) is 9.59 Å². The molecule has 0 unspecified atom stereocenters. The third-order valence-corrected chi connectivity index (χ3v) is 3.37. The summed E-state index contributed by atoms with van der Waals surface area (Å²) in [4.78, 5) is 33.3. The number of hydrogen-bond donors (Lipinski definition) is 3. The number of allylic oxidation sites excluding steroid dienone is 1. The third kappa shape index (κ3) is 11.9. The number of carbonyl (C=O) groups excluding carboxylic acids is 2. The van der Waals surface area contributed by atoms with Gasteiger partial charge in [-0.05, 0) is 25.7 Å². The molecular weight excluding hydrogens is 284 g/mol. The summed E-state index contributed by atoms with van der Waals surface area (Å²) in [6, 6.07) is -1.04. The van der Waals surface area contributed by atoms with Crippen LogP contribution in [0, 0.1) is 0 Å². The highest BCUT2D eigenvalue weighted by Gasteiger charge is 2.20. The monoisotopic (exact) mass is 312 g/mol. The van der Waals surface area contributed by atoms with E-state index >= 15 is 0 Å². The van der Waals surface area contributed by atoms with Crippen molar-refractivity contribution in [1.29, 1.82) is 0 Å². The smallest absolute Gasteiger partial charge is 0.326 e. The lowest BCUT2D eigenvalue weighted by atomic mass is 10.1. The molecule has 2 amide bonds. The molecule has 0 bridgehead atoms. The van der Waals surface area contributed by atoms with Gasteiger partial charge in [0.05, 0.1) is 0 Å². The van der Waals surface area contributed by atoms with E-state index in [0.29, 0.717) is 6.42 Å². The van der Waals surface area contributed by atoms with Gasteiger partial charge in [-0.2, -0.15) is 0 Å². The van der Waals surface area contributed by atoms with Crippen LogP contribution in [0.2, 0.25) is 0 Å². The molecule has 6 nitrogen and oxygen atoms in total. The van der Waals surface area contributed by atoms with E-state index < -0.39 is 17.9 Å². The Kier molecular flexibility index (Phi) is 11.8. The molecule has 0 saturated heterocycles. The summed E-state index contributed by atoms with van der Waals surface area (Å²) in [5.74, 6) is -2.00. The lowest BCUT2D eigenvalue weighted by Crippen LogP contribution is -2.41. The number of aliphatic carboxylic acids is 1. The van der Waals surface area contributed by atoms with Crippen LogP contribution in [0.4, 0.5) is 0 Å². The molecule has 0 aliphatic heterocycles. The average Bonchev–Trinajstić information content (AvgIpc) is 2.45. The van der Waals surface area contributed by atoms with Crippen molar-refractivity contribution in [3.63, 3.8) is 0 Å². The molecule has 4 N–H and O–H groups in total. The van der Waals surface area contributed by atoms with E-state index in [0.717, 1.165) is 38.5 Å².